The minimum Gasteiger partial charge on any atom is -0.408 e. The maximum Gasteiger partial charge on any atom is 0.322 e. The van der Waals surface area contributed by atoms with E-state index < -0.39 is 0 Å². The predicted molar refractivity (Wildman–Crippen MR) is 61.5 cm³/mol. The van der Waals surface area contributed by atoms with E-state index in [0.717, 1.165) is 6.54 Å². The van der Waals surface area contributed by atoms with Crippen molar-refractivity contribution in [1.29, 1.82) is 0 Å². The first-order valence-corrected chi connectivity index (χ1v) is 5.59. The van der Waals surface area contributed by atoms with Crippen LogP contribution in [0.1, 0.15) is 19.2 Å². The van der Waals surface area contributed by atoms with Gasteiger partial charge in [0.15, 0.2) is 0 Å². The summed E-state index contributed by atoms with van der Waals surface area (Å²) in [7, 11) is 0. The predicted octanol–water partition coefficient (Wildman–Crippen LogP) is 0.0208. The highest BCUT2D eigenvalue weighted by atomic mass is 16.4. The van der Waals surface area contributed by atoms with Gasteiger partial charge in [0, 0.05) is 20.1 Å². The Kier molecular flexibility index (Phi) is 5.58. The van der Waals surface area contributed by atoms with Crippen molar-refractivity contribution < 1.29 is 14.3 Å². The molecule has 7 heteroatoms. The first-order valence-electron chi connectivity index (χ1n) is 5.59. The number of hydrogen-bond acceptors (Lipinski definition) is 6. The van der Waals surface area contributed by atoms with Gasteiger partial charge in [0.25, 0.3) is 0 Å². The van der Waals surface area contributed by atoms with Crippen molar-refractivity contribution in [3.63, 3.8) is 0 Å². The van der Waals surface area contributed by atoms with Crippen LogP contribution in [0.3, 0.4) is 0 Å². The van der Waals surface area contributed by atoms with Gasteiger partial charge >= 0.3 is 6.01 Å². The lowest BCUT2D eigenvalue weighted by Crippen LogP contribution is -2.34. The minimum absolute atomic E-state index is 0.116. The normalized spacial score (nSPS) is 10.8. The second-order valence-corrected chi connectivity index (χ2v) is 3.62. The van der Waals surface area contributed by atoms with Gasteiger partial charge in [-0.05, 0) is 13.0 Å². The quantitative estimate of drug-likeness (QED) is 0.700. The number of hydrogen-bond donors (Lipinski definition) is 2. The smallest absolute Gasteiger partial charge is 0.322 e. The maximum absolute atomic E-state index is 11.6. The highest BCUT2D eigenvalue weighted by molar-refractivity contribution is 5.90. The number of aliphatic hydroxyl groups is 1. The van der Waals surface area contributed by atoms with Gasteiger partial charge in [-0.2, -0.15) is 0 Å². The molecule has 0 saturated carbocycles. The van der Waals surface area contributed by atoms with Crippen molar-refractivity contribution in [3.8, 4) is 0 Å². The summed E-state index contributed by atoms with van der Waals surface area (Å²) in [6.45, 7) is 5.42. The lowest BCUT2D eigenvalue weighted by molar-refractivity contribution is -0.117. The number of aliphatic hydroxyl groups excluding tert-OH is 1. The third-order valence-corrected chi connectivity index (χ3v) is 2.22. The van der Waals surface area contributed by atoms with E-state index in [1.807, 2.05) is 11.8 Å². The van der Waals surface area contributed by atoms with Crippen molar-refractivity contribution in [1.82, 2.24) is 15.1 Å². The maximum atomic E-state index is 11.6. The fraction of sp³-hybridized carbons (Fsp3) is 0.700. The zero-order valence-electron chi connectivity index (χ0n) is 10.1. The molecule has 0 aliphatic carbocycles. The van der Waals surface area contributed by atoms with Gasteiger partial charge in [0.05, 0.1) is 6.54 Å². The van der Waals surface area contributed by atoms with Crippen LogP contribution in [0.4, 0.5) is 6.01 Å². The van der Waals surface area contributed by atoms with Crippen LogP contribution in [-0.4, -0.2) is 52.4 Å². The van der Waals surface area contributed by atoms with Gasteiger partial charge in [-0.3, -0.25) is 15.0 Å². The summed E-state index contributed by atoms with van der Waals surface area (Å²) in [6.07, 6.45) is 0.654. The highest BCUT2D eigenvalue weighted by Gasteiger charge is 2.11. The van der Waals surface area contributed by atoms with E-state index in [-0.39, 0.29) is 25.1 Å². The Hall–Kier alpha value is -1.47. The zero-order valence-corrected chi connectivity index (χ0v) is 10.1. The molecule has 17 heavy (non-hydrogen) atoms. The summed E-state index contributed by atoms with van der Waals surface area (Å²) < 4.78 is 5.04. The summed E-state index contributed by atoms with van der Waals surface area (Å²) in [6, 6.07) is 0.116. The minimum atomic E-state index is -0.201. The van der Waals surface area contributed by atoms with E-state index in [4.69, 9.17) is 9.52 Å². The Morgan fingerprint density at radius 2 is 2.29 bits per heavy atom. The molecule has 1 amide bonds. The van der Waals surface area contributed by atoms with E-state index in [1.165, 1.54) is 0 Å². The molecule has 0 aliphatic rings. The molecule has 1 aromatic rings. The Morgan fingerprint density at radius 3 is 2.82 bits per heavy atom. The fourth-order valence-electron chi connectivity index (χ4n) is 1.35. The van der Waals surface area contributed by atoms with Gasteiger partial charge in [-0.25, -0.2) is 0 Å². The summed E-state index contributed by atoms with van der Waals surface area (Å²) in [5.41, 5.74) is 0. The number of rotatable bonds is 7. The lowest BCUT2D eigenvalue weighted by atomic mass is 10.3. The molecule has 1 rings (SSSR count). The van der Waals surface area contributed by atoms with Crippen molar-refractivity contribution in [2.75, 3.05) is 31.6 Å². The van der Waals surface area contributed by atoms with Gasteiger partial charge in [-0.15, -0.1) is 5.10 Å². The Labute approximate surface area is 99.8 Å². The molecule has 2 N–H and O–H groups in total. The molecule has 0 spiro atoms. The monoisotopic (exact) mass is 242 g/mol. The Balaban J connectivity index is 2.37. The molecule has 0 unspecified atom stereocenters. The van der Waals surface area contributed by atoms with E-state index in [2.05, 4.69) is 15.5 Å². The number of aryl methyl sites for hydroxylation is 1. The lowest BCUT2D eigenvalue weighted by Gasteiger charge is -2.18. The van der Waals surface area contributed by atoms with Crippen LogP contribution < -0.4 is 5.32 Å². The molecular formula is C10H18N4O3. The SMILES string of the molecule is CCN(CCCO)CC(=O)Nc1nnc(C)o1. The topological polar surface area (TPSA) is 91.5 Å². The van der Waals surface area contributed by atoms with E-state index in [1.54, 1.807) is 6.92 Å². The van der Waals surface area contributed by atoms with Gasteiger partial charge < -0.3 is 9.52 Å². The molecule has 0 saturated heterocycles. The van der Waals surface area contributed by atoms with Crippen LogP contribution in [-0.2, 0) is 4.79 Å². The molecule has 0 fully saturated rings. The third-order valence-electron chi connectivity index (χ3n) is 2.22. The van der Waals surface area contributed by atoms with Crippen molar-refractivity contribution in [2.24, 2.45) is 0 Å². The number of likely N-dealkylation sites (N-methyl/N-ethyl adjacent to an activating group) is 1. The molecule has 1 aromatic heterocycles. The fourth-order valence-corrected chi connectivity index (χ4v) is 1.35. The van der Waals surface area contributed by atoms with E-state index in [9.17, 15) is 4.79 Å². The first-order chi connectivity index (χ1) is 8.15. The number of anilines is 1. The van der Waals surface area contributed by atoms with Crippen molar-refractivity contribution in [3.05, 3.63) is 5.89 Å². The van der Waals surface area contributed by atoms with Crippen LogP contribution in [0.15, 0.2) is 4.42 Å². The average Bonchev–Trinajstić information content (AvgIpc) is 2.69. The Bertz CT molecular complexity index is 353. The van der Waals surface area contributed by atoms with Gasteiger partial charge in [0.2, 0.25) is 11.8 Å². The summed E-state index contributed by atoms with van der Waals surface area (Å²) >= 11 is 0. The van der Waals surface area contributed by atoms with Crippen LogP contribution in [0.25, 0.3) is 0 Å². The van der Waals surface area contributed by atoms with Gasteiger partial charge in [0.1, 0.15) is 0 Å². The largest absolute Gasteiger partial charge is 0.408 e. The Morgan fingerprint density at radius 1 is 1.53 bits per heavy atom. The van der Waals surface area contributed by atoms with Crippen LogP contribution in [0, 0.1) is 6.92 Å². The molecular weight excluding hydrogens is 224 g/mol. The zero-order chi connectivity index (χ0) is 12.7. The second-order valence-electron chi connectivity index (χ2n) is 3.62. The molecule has 0 atom stereocenters. The third kappa shape index (κ3) is 4.92. The number of amides is 1. The van der Waals surface area contributed by atoms with E-state index >= 15 is 0 Å². The number of nitrogens with one attached hydrogen (secondary N) is 1. The molecule has 0 radical (unpaired) electrons. The highest BCUT2D eigenvalue weighted by Crippen LogP contribution is 2.03. The second kappa shape index (κ2) is 6.97. The number of carbonyl (C=O) groups excluding carboxylic acids is 1. The summed E-state index contributed by atoms with van der Waals surface area (Å²) in [5, 5.41) is 18.5. The summed E-state index contributed by atoms with van der Waals surface area (Å²) in [5.74, 6) is 0.210. The van der Waals surface area contributed by atoms with Crippen LogP contribution in [0.2, 0.25) is 0 Å². The molecule has 7 nitrogen and oxygen atoms in total. The molecule has 0 aromatic carbocycles. The van der Waals surface area contributed by atoms with Crippen LogP contribution >= 0.6 is 0 Å². The van der Waals surface area contributed by atoms with Gasteiger partial charge in [-0.1, -0.05) is 12.0 Å². The number of aromatic nitrogens is 2. The number of nitrogens with zero attached hydrogens (tertiary/aromatic N) is 3. The van der Waals surface area contributed by atoms with Crippen molar-refractivity contribution in [2.45, 2.75) is 20.3 Å². The average molecular weight is 242 g/mol. The molecule has 0 aliphatic heterocycles. The van der Waals surface area contributed by atoms with Crippen LogP contribution in [0.5, 0.6) is 0 Å². The number of carbonyl (C=O) groups is 1. The molecule has 1 heterocycles. The van der Waals surface area contributed by atoms with E-state index in [0.29, 0.717) is 18.9 Å². The molecule has 0 bridgehead atoms. The van der Waals surface area contributed by atoms with Crippen molar-refractivity contribution >= 4 is 11.9 Å². The summed E-state index contributed by atoms with van der Waals surface area (Å²) in [4.78, 5) is 13.5. The standard InChI is InChI=1S/C10H18N4O3/c1-3-14(5-4-6-15)7-9(16)11-10-13-12-8(2)17-10/h15H,3-7H2,1-2H3,(H,11,13,16). The molecule has 96 valence electrons. The first kappa shape index (κ1) is 13.6.